The molecule has 0 radical (unpaired) electrons. The van der Waals surface area contributed by atoms with Gasteiger partial charge < -0.3 is 21.1 Å². The molecule has 162 valence electrons. The number of amides is 3. The second-order valence-electron chi connectivity index (χ2n) is 8.22. The number of hydrogen-bond donors (Lipinski definition) is 4. The molecule has 0 heterocycles. The zero-order chi connectivity index (χ0) is 22.3. The summed E-state index contributed by atoms with van der Waals surface area (Å²) in [6.45, 7) is 1.75. The molecule has 4 N–H and O–H groups in total. The van der Waals surface area contributed by atoms with Gasteiger partial charge in [-0.2, -0.15) is 5.26 Å². The molecule has 1 saturated carbocycles. The summed E-state index contributed by atoms with van der Waals surface area (Å²) in [4.78, 5) is 25.2. The van der Waals surface area contributed by atoms with E-state index < -0.39 is 11.6 Å². The minimum atomic E-state index is -0.689. The number of benzene rings is 2. The highest BCUT2D eigenvalue weighted by atomic mass is 16.3. The lowest BCUT2D eigenvalue weighted by molar-refractivity contribution is 0.102. The zero-order valence-electron chi connectivity index (χ0n) is 17.6. The van der Waals surface area contributed by atoms with Crippen LogP contribution in [-0.4, -0.2) is 29.2 Å². The predicted molar refractivity (Wildman–Crippen MR) is 120 cm³/mol. The van der Waals surface area contributed by atoms with Crippen molar-refractivity contribution in [3.63, 3.8) is 0 Å². The van der Waals surface area contributed by atoms with Crippen molar-refractivity contribution in [2.24, 2.45) is 5.92 Å². The first kappa shape index (κ1) is 22.3. The SMILES string of the molecule is C[C@](CO)(NC(=O)Nc1cccc(C(=O)Nc2cccc(C#N)c2)c1)C1CCCCC1. The summed E-state index contributed by atoms with van der Waals surface area (Å²) in [5.74, 6) is -0.111. The number of hydrogen-bond acceptors (Lipinski definition) is 4. The third-order valence-electron chi connectivity index (χ3n) is 5.87. The first-order chi connectivity index (χ1) is 14.9. The maximum atomic E-state index is 12.6. The molecule has 1 aliphatic rings. The van der Waals surface area contributed by atoms with Gasteiger partial charge in [0.05, 0.1) is 23.8 Å². The van der Waals surface area contributed by atoms with Gasteiger partial charge in [0.25, 0.3) is 5.91 Å². The summed E-state index contributed by atoms with van der Waals surface area (Å²) in [7, 11) is 0. The smallest absolute Gasteiger partial charge is 0.319 e. The molecular weight excluding hydrogens is 392 g/mol. The lowest BCUT2D eigenvalue weighted by atomic mass is 9.76. The van der Waals surface area contributed by atoms with E-state index in [1.807, 2.05) is 13.0 Å². The molecule has 1 aliphatic carbocycles. The van der Waals surface area contributed by atoms with Crippen LogP contribution in [0, 0.1) is 17.2 Å². The van der Waals surface area contributed by atoms with Crippen molar-refractivity contribution < 1.29 is 14.7 Å². The molecule has 3 amide bonds. The van der Waals surface area contributed by atoms with E-state index in [2.05, 4.69) is 16.0 Å². The van der Waals surface area contributed by atoms with Crippen molar-refractivity contribution in [1.82, 2.24) is 5.32 Å². The molecule has 0 saturated heterocycles. The minimum absolute atomic E-state index is 0.130. The highest BCUT2D eigenvalue weighted by Gasteiger charge is 2.35. The molecule has 2 aromatic rings. The van der Waals surface area contributed by atoms with Crippen LogP contribution < -0.4 is 16.0 Å². The van der Waals surface area contributed by atoms with Crippen LogP contribution in [0.5, 0.6) is 0 Å². The van der Waals surface area contributed by atoms with Crippen LogP contribution in [0.15, 0.2) is 48.5 Å². The number of nitrogens with one attached hydrogen (secondary N) is 3. The van der Waals surface area contributed by atoms with Gasteiger partial charge in [-0.3, -0.25) is 4.79 Å². The standard InChI is InChI=1S/C24H28N4O3/c1-24(16-29,19-9-3-2-4-10-19)28-23(31)27-21-12-6-8-18(14-21)22(30)26-20-11-5-7-17(13-20)15-25/h5-8,11-14,19,29H,2-4,9-10,16H2,1H3,(H,26,30)(H2,27,28,31)/t24-/m1/s1. The Morgan fingerprint density at radius 1 is 1.06 bits per heavy atom. The number of carbonyl (C=O) groups excluding carboxylic acids is 2. The number of rotatable bonds is 6. The van der Waals surface area contributed by atoms with E-state index in [1.54, 1.807) is 48.5 Å². The second-order valence-corrected chi connectivity index (χ2v) is 8.22. The van der Waals surface area contributed by atoms with E-state index in [0.29, 0.717) is 22.5 Å². The van der Waals surface area contributed by atoms with Crippen LogP contribution in [0.3, 0.4) is 0 Å². The Hall–Kier alpha value is -3.37. The monoisotopic (exact) mass is 420 g/mol. The number of nitrogens with zero attached hydrogens (tertiary/aromatic N) is 1. The maximum Gasteiger partial charge on any atom is 0.319 e. The van der Waals surface area contributed by atoms with E-state index in [-0.39, 0.29) is 18.4 Å². The van der Waals surface area contributed by atoms with Gasteiger partial charge in [0, 0.05) is 16.9 Å². The van der Waals surface area contributed by atoms with Crippen molar-refractivity contribution in [2.75, 3.05) is 17.2 Å². The molecule has 0 spiro atoms. The molecule has 3 rings (SSSR count). The molecule has 2 aromatic carbocycles. The molecule has 0 unspecified atom stereocenters. The fraction of sp³-hybridized carbons (Fsp3) is 0.375. The number of carbonyl (C=O) groups is 2. The summed E-state index contributed by atoms with van der Waals surface area (Å²) >= 11 is 0. The van der Waals surface area contributed by atoms with Gasteiger partial charge in [0.15, 0.2) is 0 Å². The number of anilines is 2. The van der Waals surface area contributed by atoms with Crippen molar-refractivity contribution >= 4 is 23.3 Å². The fourth-order valence-electron chi connectivity index (χ4n) is 4.04. The Balaban J connectivity index is 1.64. The Bertz CT molecular complexity index is 979. The summed E-state index contributed by atoms with van der Waals surface area (Å²) in [6, 6.07) is 14.9. The van der Waals surface area contributed by atoms with Crippen LogP contribution in [0.25, 0.3) is 0 Å². The topological polar surface area (TPSA) is 114 Å². The third kappa shape index (κ3) is 5.83. The highest BCUT2D eigenvalue weighted by Crippen LogP contribution is 2.32. The molecule has 0 aromatic heterocycles. The fourth-order valence-corrected chi connectivity index (χ4v) is 4.04. The number of urea groups is 1. The van der Waals surface area contributed by atoms with Crippen LogP contribution in [0.4, 0.5) is 16.2 Å². The molecule has 7 heteroatoms. The zero-order valence-corrected chi connectivity index (χ0v) is 17.6. The van der Waals surface area contributed by atoms with E-state index in [0.717, 1.165) is 25.7 Å². The average molecular weight is 421 g/mol. The van der Waals surface area contributed by atoms with Gasteiger partial charge >= 0.3 is 6.03 Å². The largest absolute Gasteiger partial charge is 0.394 e. The molecule has 31 heavy (non-hydrogen) atoms. The predicted octanol–water partition coefficient (Wildman–Crippen LogP) is 4.26. The van der Waals surface area contributed by atoms with Gasteiger partial charge in [-0.05, 0) is 62.1 Å². The number of aliphatic hydroxyl groups excluding tert-OH is 1. The number of nitriles is 1. The average Bonchev–Trinajstić information content (AvgIpc) is 2.79. The normalized spacial score (nSPS) is 15.9. The van der Waals surface area contributed by atoms with Crippen LogP contribution in [-0.2, 0) is 0 Å². The quantitative estimate of drug-likeness (QED) is 0.559. The highest BCUT2D eigenvalue weighted by molar-refractivity contribution is 6.05. The third-order valence-corrected chi connectivity index (χ3v) is 5.87. The molecular formula is C24H28N4O3. The van der Waals surface area contributed by atoms with Crippen molar-refractivity contribution in [1.29, 1.82) is 5.26 Å². The first-order valence-electron chi connectivity index (χ1n) is 10.5. The Labute approximate surface area is 182 Å². The van der Waals surface area contributed by atoms with E-state index in [1.165, 1.54) is 6.42 Å². The van der Waals surface area contributed by atoms with E-state index >= 15 is 0 Å². The lowest BCUT2D eigenvalue weighted by Gasteiger charge is -2.39. The minimum Gasteiger partial charge on any atom is -0.394 e. The number of aliphatic hydroxyl groups is 1. The van der Waals surface area contributed by atoms with Gasteiger partial charge in [-0.25, -0.2) is 4.79 Å². The summed E-state index contributed by atoms with van der Waals surface area (Å²) < 4.78 is 0. The molecule has 0 aliphatic heterocycles. The Kier molecular flexibility index (Phi) is 7.27. The Morgan fingerprint density at radius 3 is 2.42 bits per heavy atom. The van der Waals surface area contributed by atoms with Gasteiger partial charge in [0.1, 0.15) is 0 Å². The van der Waals surface area contributed by atoms with Crippen LogP contribution in [0.2, 0.25) is 0 Å². The van der Waals surface area contributed by atoms with Crippen molar-refractivity contribution in [3.05, 3.63) is 59.7 Å². The summed E-state index contributed by atoms with van der Waals surface area (Å²) in [5.41, 5.74) is 1.13. The second kappa shape index (κ2) is 10.1. The molecule has 1 atom stereocenters. The van der Waals surface area contributed by atoms with Gasteiger partial charge in [-0.1, -0.05) is 31.4 Å². The van der Waals surface area contributed by atoms with Crippen LogP contribution >= 0.6 is 0 Å². The van der Waals surface area contributed by atoms with Gasteiger partial charge in [-0.15, -0.1) is 0 Å². The van der Waals surface area contributed by atoms with Crippen LogP contribution in [0.1, 0.15) is 54.9 Å². The molecule has 1 fully saturated rings. The molecule has 7 nitrogen and oxygen atoms in total. The summed E-state index contributed by atoms with van der Waals surface area (Å²) in [5, 5.41) is 27.4. The lowest BCUT2D eigenvalue weighted by Crippen LogP contribution is -2.55. The first-order valence-corrected chi connectivity index (χ1v) is 10.5. The maximum absolute atomic E-state index is 12.6. The van der Waals surface area contributed by atoms with Crippen molar-refractivity contribution in [3.8, 4) is 6.07 Å². The van der Waals surface area contributed by atoms with Crippen molar-refractivity contribution in [2.45, 2.75) is 44.6 Å². The van der Waals surface area contributed by atoms with E-state index in [9.17, 15) is 14.7 Å². The Morgan fingerprint density at radius 2 is 1.74 bits per heavy atom. The van der Waals surface area contributed by atoms with E-state index in [4.69, 9.17) is 5.26 Å². The molecule has 0 bridgehead atoms. The summed E-state index contributed by atoms with van der Waals surface area (Å²) in [6.07, 6.45) is 5.38. The van der Waals surface area contributed by atoms with Gasteiger partial charge in [0.2, 0.25) is 0 Å².